The summed E-state index contributed by atoms with van der Waals surface area (Å²) in [5.74, 6) is -0.186. The molecular weight excluding hydrogens is 228 g/mol. The van der Waals surface area contributed by atoms with E-state index >= 15 is 0 Å². The fourth-order valence-electron chi connectivity index (χ4n) is 2.01. The minimum Gasteiger partial charge on any atom is -0.468 e. The molecule has 0 heterocycles. The van der Waals surface area contributed by atoms with E-state index < -0.39 is 0 Å². The summed E-state index contributed by atoms with van der Waals surface area (Å²) in [5.41, 5.74) is 1.05. The number of ether oxygens (including phenoxy) is 1. The second-order valence-electron chi connectivity index (χ2n) is 4.89. The molecule has 0 fully saturated rings. The fraction of sp³-hybridized carbons (Fsp3) is 0.643. The van der Waals surface area contributed by atoms with Crippen molar-refractivity contribution in [3.05, 3.63) is 23.8 Å². The number of carbonyl (C=O) groups excluding carboxylic acids is 1. The molecule has 18 heavy (non-hydrogen) atoms. The van der Waals surface area contributed by atoms with Crippen LogP contribution in [0.15, 0.2) is 23.8 Å². The Morgan fingerprint density at radius 2 is 2.06 bits per heavy atom. The van der Waals surface area contributed by atoms with Crippen LogP contribution in [0.4, 0.5) is 0 Å². The molecule has 0 aromatic rings. The van der Waals surface area contributed by atoms with Gasteiger partial charge < -0.3 is 9.64 Å². The van der Waals surface area contributed by atoms with E-state index in [4.69, 9.17) is 4.74 Å². The number of esters is 1. The lowest BCUT2D eigenvalue weighted by molar-refractivity contribution is -0.144. The molecule has 102 valence electrons. The van der Waals surface area contributed by atoms with Gasteiger partial charge in [-0.25, -0.2) is 4.79 Å². The van der Waals surface area contributed by atoms with Crippen LogP contribution in [0.3, 0.4) is 0 Å². The zero-order valence-corrected chi connectivity index (χ0v) is 11.8. The van der Waals surface area contributed by atoms with Crippen LogP contribution in [0.1, 0.15) is 12.8 Å². The Morgan fingerprint density at radius 1 is 1.33 bits per heavy atom. The Morgan fingerprint density at radius 3 is 2.56 bits per heavy atom. The molecule has 4 nitrogen and oxygen atoms in total. The van der Waals surface area contributed by atoms with Gasteiger partial charge in [0.1, 0.15) is 6.04 Å². The van der Waals surface area contributed by atoms with Crippen LogP contribution in [-0.4, -0.2) is 63.2 Å². The number of hydrogen-bond acceptors (Lipinski definition) is 4. The number of hydrogen-bond donors (Lipinski definition) is 0. The molecule has 0 radical (unpaired) electrons. The van der Waals surface area contributed by atoms with Gasteiger partial charge in [-0.3, -0.25) is 4.90 Å². The maximum Gasteiger partial charge on any atom is 0.327 e. The highest BCUT2D eigenvalue weighted by atomic mass is 16.5. The Bertz CT molecular complexity index is 335. The van der Waals surface area contributed by atoms with Gasteiger partial charge >= 0.3 is 5.97 Å². The summed E-state index contributed by atoms with van der Waals surface area (Å²) in [6.45, 7) is 1.75. The molecule has 1 aliphatic rings. The highest BCUT2D eigenvalue weighted by molar-refractivity contribution is 5.80. The molecule has 0 aromatic heterocycles. The molecule has 0 amide bonds. The van der Waals surface area contributed by atoms with E-state index in [-0.39, 0.29) is 12.0 Å². The summed E-state index contributed by atoms with van der Waals surface area (Å²) < 4.78 is 4.92. The average molecular weight is 252 g/mol. The van der Waals surface area contributed by atoms with Gasteiger partial charge in [0.15, 0.2) is 0 Å². The van der Waals surface area contributed by atoms with Crippen LogP contribution in [0, 0.1) is 0 Å². The third kappa shape index (κ3) is 4.27. The van der Waals surface area contributed by atoms with E-state index in [0.717, 1.165) is 31.5 Å². The largest absolute Gasteiger partial charge is 0.468 e. The second kappa shape index (κ2) is 7.34. The van der Waals surface area contributed by atoms with E-state index in [0.29, 0.717) is 0 Å². The SMILES string of the molecule is COC(=O)C(C1=CCCC=C1)N(C)CCN(C)C. The van der Waals surface area contributed by atoms with Crippen LogP contribution < -0.4 is 0 Å². The molecule has 1 unspecified atom stereocenters. The molecule has 0 saturated heterocycles. The zero-order valence-electron chi connectivity index (χ0n) is 11.8. The van der Waals surface area contributed by atoms with Gasteiger partial charge in [0.05, 0.1) is 7.11 Å². The minimum atomic E-state index is -0.286. The molecule has 0 spiro atoms. The van der Waals surface area contributed by atoms with Gasteiger partial charge in [-0.2, -0.15) is 0 Å². The highest BCUT2D eigenvalue weighted by Crippen LogP contribution is 2.18. The average Bonchev–Trinajstić information content (AvgIpc) is 2.37. The van der Waals surface area contributed by atoms with Gasteiger partial charge in [0, 0.05) is 13.1 Å². The number of allylic oxidation sites excluding steroid dienone is 2. The molecule has 4 heteroatoms. The molecular formula is C14H24N2O2. The first-order valence-electron chi connectivity index (χ1n) is 6.35. The van der Waals surface area contributed by atoms with Crippen LogP contribution in [0.2, 0.25) is 0 Å². The van der Waals surface area contributed by atoms with Gasteiger partial charge in [0.25, 0.3) is 0 Å². The van der Waals surface area contributed by atoms with Gasteiger partial charge in [-0.1, -0.05) is 18.2 Å². The monoisotopic (exact) mass is 252 g/mol. The minimum absolute atomic E-state index is 0.186. The van der Waals surface area contributed by atoms with Crippen molar-refractivity contribution in [1.29, 1.82) is 0 Å². The first-order valence-corrected chi connectivity index (χ1v) is 6.35. The Balaban J connectivity index is 2.74. The summed E-state index contributed by atoms with van der Waals surface area (Å²) >= 11 is 0. The molecule has 0 saturated carbocycles. The van der Waals surface area contributed by atoms with Crippen LogP contribution in [-0.2, 0) is 9.53 Å². The van der Waals surface area contributed by atoms with E-state index in [1.165, 1.54) is 7.11 Å². The Kier molecular flexibility index (Phi) is 6.09. The zero-order chi connectivity index (χ0) is 13.5. The van der Waals surface area contributed by atoms with Gasteiger partial charge in [-0.05, 0) is 39.6 Å². The van der Waals surface area contributed by atoms with Crippen molar-refractivity contribution in [2.24, 2.45) is 0 Å². The van der Waals surface area contributed by atoms with E-state index in [1.54, 1.807) is 0 Å². The molecule has 0 N–H and O–H groups in total. The number of likely N-dealkylation sites (N-methyl/N-ethyl adjacent to an activating group) is 2. The summed E-state index contributed by atoms with van der Waals surface area (Å²) in [6.07, 6.45) is 8.34. The normalized spacial score (nSPS) is 16.9. The molecule has 1 rings (SSSR count). The molecule has 1 atom stereocenters. The van der Waals surface area contributed by atoms with Gasteiger partial charge in [-0.15, -0.1) is 0 Å². The standard InChI is InChI=1S/C14H24N2O2/c1-15(2)10-11-16(3)13(14(17)18-4)12-8-6-5-7-9-12/h6,8-9,13H,5,7,10-11H2,1-4H3. The third-order valence-corrected chi connectivity index (χ3v) is 3.10. The van der Waals surface area contributed by atoms with Crippen molar-refractivity contribution in [2.45, 2.75) is 18.9 Å². The maximum absolute atomic E-state index is 11.9. The van der Waals surface area contributed by atoms with Crippen molar-refractivity contribution >= 4 is 5.97 Å². The first-order chi connectivity index (χ1) is 8.56. The number of methoxy groups -OCH3 is 1. The van der Waals surface area contributed by atoms with Crippen LogP contribution in [0.5, 0.6) is 0 Å². The number of rotatable bonds is 6. The van der Waals surface area contributed by atoms with Gasteiger partial charge in [0.2, 0.25) is 0 Å². The number of nitrogens with zero attached hydrogens (tertiary/aromatic N) is 2. The fourth-order valence-corrected chi connectivity index (χ4v) is 2.01. The molecule has 0 bridgehead atoms. The quantitative estimate of drug-likeness (QED) is 0.667. The molecule has 1 aliphatic carbocycles. The summed E-state index contributed by atoms with van der Waals surface area (Å²) in [4.78, 5) is 16.1. The van der Waals surface area contributed by atoms with Crippen molar-refractivity contribution < 1.29 is 9.53 Å². The van der Waals surface area contributed by atoms with E-state index in [9.17, 15) is 4.79 Å². The van der Waals surface area contributed by atoms with E-state index in [1.807, 2.05) is 32.1 Å². The summed E-state index contributed by atoms with van der Waals surface area (Å²) in [5, 5.41) is 0. The predicted octanol–water partition coefficient (Wildman–Crippen LogP) is 1.30. The lowest BCUT2D eigenvalue weighted by atomic mass is 9.99. The van der Waals surface area contributed by atoms with Crippen LogP contribution >= 0.6 is 0 Å². The Hall–Kier alpha value is -1.13. The summed E-state index contributed by atoms with van der Waals surface area (Å²) in [6, 6.07) is -0.286. The highest BCUT2D eigenvalue weighted by Gasteiger charge is 2.27. The third-order valence-electron chi connectivity index (χ3n) is 3.10. The van der Waals surface area contributed by atoms with E-state index in [2.05, 4.69) is 17.1 Å². The predicted molar refractivity (Wildman–Crippen MR) is 73.4 cm³/mol. The maximum atomic E-state index is 11.9. The van der Waals surface area contributed by atoms with Crippen molar-refractivity contribution in [3.8, 4) is 0 Å². The van der Waals surface area contributed by atoms with Crippen molar-refractivity contribution in [1.82, 2.24) is 9.80 Å². The lowest BCUT2D eigenvalue weighted by Gasteiger charge is -2.28. The Labute approximate surface area is 110 Å². The summed E-state index contributed by atoms with van der Waals surface area (Å²) in [7, 11) is 7.47. The van der Waals surface area contributed by atoms with Crippen molar-refractivity contribution in [3.63, 3.8) is 0 Å². The van der Waals surface area contributed by atoms with Crippen LogP contribution in [0.25, 0.3) is 0 Å². The number of carbonyl (C=O) groups is 1. The lowest BCUT2D eigenvalue weighted by Crippen LogP contribution is -2.43. The van der Waals surface area contributed by atoms with Crippen molar-refractivity contribution in [2.75, 3.05) is 41.3 Å². The molecule has 0 aliphatic heterocycles. The topological polar surface area (TPSA) is 32.8 Å². The molecule has 0 aromatic carbocycles. The smallest absolute Gasteiger partial charge is 0.327 e. The first kappa shape index (κ1) is 14.9. The second-order valence-corrected chi connectivity index (χ2v) is 4.89.